The monoisotopic (exact) mass is 546 g/mol. The van der Waals surface area contributed by atoms with Gasteiger partial charge >= 0.3 is 0 Å². The van der Waals surface area contributed by atoms with E-state index < -0.39 is 28.1 Å². The Morgan fingerprint density at radius 1 is 1.24 bits per heavy atom. The Balaban J connectivity index is 1.36. The Labute approximate surface area is 217 Å². The lowest BCUT2D eigenvalue weighted by Crippen LogP contribution is -2.43. The zero-order valence-corrected chi connectivity index (χ0v) is 21.6. The molecule has 0 aromatic carbocycles. The van der Waals surface area contributed by atoms with E-state index in [1.807, 2.05) is 6.92 Å². The minimum atomic E-state index is -3.45. The van der Waals surface area contributed by atoms with Gasteiger partial charge in [0.1, 0.15) is 17.8 Å². The van der Waals surface area contributed by atoms with Crippen LogP contribution < -0.4 is 14.8 Å². The summed E-state index contributed by atoms with van der Waals surface area (Å²) in [6.45, 7) is 3.37. The first kappa shape index (κ1) is 25.4. The molecule has 3 aromatic rings. The van der Waals surface area contributed by atoms with Crippen LogP contribution in [-0.4, -0.2) is 72.0 Å². The maximum Gasteiger partial charge on any atom is 0.280 e. The number of pyridine rings is 1. The molecule has 196 valence electrons. The van der Waals surface area contributed by atoms with Gasteiger partial charge < -0.3 is 19.5 Å². The molecule has 1 saturated carbocycles. The third-order valence-corrected chi connectivity index (χ3v) is 8.57. The summed E-state index contributed by atoms with van der Waals surface area (Å²) < 4.78 is 44.3. The van der Waals surface area contributed by atoms with Crippen LogP contribution in [-0.2, 0) is 19.5 Å². The molecule has 0 bridgehead atoms. The molecule has 1 saturated heterocycles. The highest BCUT2D eigenvalue weighted by Gasteiger charge is 2.36. The smallest absolute Gasteiger partial charge is 0.280 e. The zero-order valence-electron chi connectivity index (χ0n) is 20.0. The molecule has 14 heteroatoms. The van der Waals surface area contributed by atoms with E-state index in [1.54, 1.807) is 24.5 Å². The third-order valence-electron chi connectivity index (χ3n) is 5.68. The van der Waals surface area contributed by atoms with Crippen LogP contribution in [0, 0.1) is 0 Å². The van der Waals surface area contributed by atoms with E-state index in [0.29, 0.717) is 60.5 Å². The molecule has 4 heterocycles. The molecule has 12 nitrogen and oxygen atoms in total. The van der Waals surface area contributed by atoms with Crippen LogP contribution in [0.1, 0.15) is 41.3 Å². The normalized spacial score (nSPS) is 18.7. The Morgan fingerprint density at radius 2 is 2.11 bits per heavy atom. The number of nitrogens with zero attached hydrogens (tertiary/aromatic N) is 4. The first-order chi connectivity index (χ1) is 17.9. The molecule has 1 aliphatic carbocycles. The van der Waals surface area contributed by atoms with Gasteiger partial charge in [-0.3, -0.25) is 19.5 Å². The van der Waals surface area contributed by atoms with Crippen molar-refractivity contribution >= 4 is 33.0 Å². The van der Waals surface area contributed by atoms with Crippen molar-refractivity contribution in [2.75, 3.05) is 31.1 Å². The maximum atomic E-state index is 13.2. The second-order valence-electron chi connectivity index (χ2n) is 8.46. The number of sulfonamides is 1. The summed E-state index contributed by atoms with van der Waals surface area (Å²) in [6.07, 6.45) is 6.92. The summed E-state index contributed by atoms with van der Waals surface area (Å²) in [5.74, 6) is -0.0488. The maximum absolute atomic E-state index is 13.2. The van der Waals surface area contributed by atoms with Crippen LogP contribution in [0.15, 0.2) is 36.9 Å². The summed E-state index contributed by atoms with van der Waals surface area (Å²) >= 11 is 1.16. The van der Waals surface area contributed by atoms with Crippen molar-refractivity contribution < 1.29 is 27.4 Å². The zero-order chi connectivity index (χ0) is 25.8. The quantitative estimate of drug-likeness (QED) is 0.387. The summed E-state index contributed by atoms with van der Waals surface area (Å²) in [5.41, 5.74) is 1.35. The summed E-state index contributed by atoms with van der Waals surface area (Å²) in [6, 6.07) is 2.47. The number of aromatic nitrogens is 4. The first-order valence-electron chi connectivity index (χ1n) is 11.8. The van der Waals surface area contributed by atoms with E-state index in [2.05, 4.69) is 30.0 Å². The number of amides is 1. The summed E-state index contributed by atoms with van der Waals surface area (Å²) in [5, 5.41) is 2.79. The highest BCUT2D eigenvalue weighted by molar-refractivity contribution is 7.93. The minimum absolute atomic E-state index is 0.214. The van der Waals surface area contributed by atoms with E-state index in [1.165, 1.54) is 12.4 Å². The van der Waals surface area contributed by atoms with Crippen LogP contribution in [0.25, 0.3) is 10.6 Å². The van der Waals surface area contributed by atoms with Crippen molar-refractivity contribution in [3.8, 4) is 16.5 Å². The van der Waals surface area contributed by atoms with Crippen molar-refractivity contribution in [1.82, 2.24) is 25.3 Å². The third kappa shape index (κ3) is 6.21. The topological polar surface area (TPSA) is 155 Å². The molecule has 0 unspecified atom stereocenters. The van der Waals surface area contributed by atoms with Gasteiger partial charge in [-0.1, -0.05) is 0 Å². The number of hydrogen-bond donors (Lipinski definition) is 2. The van der Waals surface area contributed by atoms with Crippen molar-refractivity contribution in [2.45, 2.75) is 37.2 Å². The Kier molecular flexibility index (Phi) is 7.60. The molecule has 3 aromatic heterocycles. The van der Waals surface area contributed by atoms with Crippen LogP contribution in [0.3, 0.4) is 0 Å². The molecule has 1 aliphatic heterocycles. The second-order valence-corrected chi connectivity index (χ2v) is 11.4. The highest BCUT2D eigenvalue weighted by atomic mass is 32.2. The number of hydrogen-bond acceptors (Lipinski definition) is 11. The van der Waals surface area contributed by atoms with Gasteiger partial charge in [0.05, 0.1) is 60.3 Å². The average Bonchev–Trinajstić information content (AvgIpc) is 3.66. The fourth-order valence-corrected chi connectivity index (χ4v) is 5.90. The van der Waals surface area contributed by atoms with Gasteiger partial charge in [0, 0.05) is 12.4 Å². The summed E-state index contributed by atoms with van der Waals surface area (Å²) in [7, 11) is -3.45. The number of nitrogens with one attached hydrogen (secondary N) is 2. The van der Waals surface area contributed by atoms with Crippen molar-refractivity contribution in [1.29, 1.82) is 0 Å². The van der Waals surface area contributed by atoms with Gasteiger partial charge in [-0.15, -0.1) is 11.3 Å². The largest absolute Gasteiger partial charge is 0.477 e. The predicted molar refractivity (Wildman–Crippen MR) is 135 cm³/mol. The SMILES string of the molecule is CCOc1cncc(-c2cnc(C(=O)N[C@H](c3cc(NS(=O)(=O)C4CC4)ccn3)[C@@H]3COCCO3)s2)n1. The number of carbonyl (C=O) groups excluding carboxylic acids is 1. The van der Waals surface area contributed by atoms with Gasteiger partial charge in [-0.25, -0.2) is 18.4 Å². The molecule has 2 fully saturated rings. The van der Waals surface area contributed by atoms with Gasteiger partial charge in [0.25, 0.3) is 5.91 Å². The number of rotatable bonds is 10. The van der Waals surface area contributed by atoms with Gasteiger partial charge in [-0.2, -0.15) is 0 Å². The Hall–Kier alpha value is -3.20. The lowest BCUT2D eigenvalue weighted by molar-refractivity contribution is -0.101. The van der Waals surface area contributed by atoms with Crippen molar-refractivity contribution in [2.24, 2.45) is 0 Å². The van der Waals surface area contributed by atoms with Crippen molar-refractivity contribution in [3.05, 3.63) is 47.6 Å². The predicted octanol–water partition coefficient (Wildman–Crippen LogP) is 2.18. The van der Waals surface area contributed by atoms with E-state index >= 15 is 0 Å². The number of ether oxygens (including phenoxy) is 3. The molecule has 37 heavy (non-hydrogen) atoms. The molecule has 5 rings (SSSR count). The van der Waals surface area contributed by atoms with Crippen LogP contribution in [0.2, 0.25) is 0 Å². The highest BCUT2D eigenvalue weighted by Crippen LogP contribution is 2.31. The van der Waals surface area contributed by atoms with Gasteiger partial charge in [0.15, 0.2) is 5.01 Å². The van der Waals surface area contributed by atoms with Crippen LogP contribution >= 0.6 is 11.3 Å². The van der Waals surface area contributed by atoms with E-state index in [9.17, 15) is 13.2 Å². The van der Waals surface area contributed by atoms with Crippen molar-refractivity contribution in [3.63, 3.8) is 0 Å². The molecule has 2 aliphatic rings. The lowest BCUT2D eigenvalue weighted by Gasteiger charge is -2.30. The molecule has 2 N–H and O–H groups in total. The van der Waals surface area contributed by atoms with E-state index in [-0.39, 0.29) is 16.9 Å². The summed E-state index contributed by atoms with van der Waals surface area (Å²) in [4.78, 5) is 31.1. The van der Waals surface area contributed by atoms with Crippen LogP contribution in [0.5, 0.6) is 5.88 Å². The molecular weight excluding hydrogens is 520 g/mol. The van der Waals surface area contributed by atoms with Crippen LogP contribution in [0.4, 0.5) is 5.69 Å². The van der Waals surface area contributed by atoms with E-state index in [4.69, 9.17) is 14.2 Å². The Bertz CT molecular complexity index is 1360. The average molecular weight is 547 g/mol. The second kappa shape index (κ2) is 11.0. The Morgan fingerprint density at radius 3 is 2.86 bits per heavy atom. The lowest BCUT2D eigenvalue weighted by atomic mass is 10.1. The minimum Gasteiger partial charge on any atom is -0.477 e. The molecular formula is C23H26N6O6S2. The fraction of sp³-hybridized carbons (Fsp3) is 0.435. The van der Waals surface area contributed by atoms with Gasteiger partial charge in [0.2, 0.25) is 15.9 Å². The number of carbonyl (C=O) groups is 1. The molecule has 2 atom stereocenters. The molecule has 0 radical (unpaired) electrons. The molecule has 1 amide bonds. The number of anilines is 1. The van der Waals surface area contributed by atoms with Gasteiger partial charge in [-0.05, 0) is 31.9 Å². The first-order valence-corrected chi connectivity index (χ1v) is 14.2. The number of thiazole rings is 1. The fourth-order valence-electron chi connectivity index (χ4n) is 3.75. The van der Waals surface area contributed by atoms with E-state index in [0.717, 1.165) is 11.3 Å². The molecule has 0 spiro atoms. The standard InChI is InChI=1S/C23H26N6O6S2/c1-2-34-20-12-24-10-17(27-20)19-11-26-23(36-19)22(30)28-21(18-13-33-7-8-35-18)16-9-14(5-6-25-16)29-37(31,32)15-3-4-15/h5-6,9-12,15,18,21H,2-4,7-8,13H2,1H3,(H,25,29)(H,28,30)/t18-,21+/m0/s1.